The van der Waals surface area contributed by atoms with E-state index < -0.39 is 0 Å². The van der Waals surface area contributed by atoms with Gasteiger partial charge in [0.25, 0.3) is 0 Å². The Labute approximate surface area is 80.0 Å². The fraction of sp³-hybridized carbons (Fsp3) is 0.364. The molecule has 2 heteroatoms. The molecule has 72 valence electrons. The Kier molecular flexibility index (Phi) is 7.90. The van der Waals surface area contributed by atoms with Crippen LogP contribution in [0, 0.1) is 0 Å². The van der Waals surface area contributed by atoms with Gasteiger partial charge >= 0.3 is 0 Å². The molecule has 0 radical (unpaired) electrons. The lowest BCUT2D eigenvalue weighted by atomic mass is 10.3. The second-order valence-electron chi connectivity index (χ2n) is 2.57. The lowest BCUT2D eigenvalue weighted by molar-refractivity contribution is 0.446. The number of aliphatic hydroxyl groups is 1. The lowest BCUT2D eigenvalue weighted by Crippen LogP contribution is -1.79. The van der Waals surface area contributed by atoms with Crippen LogP contribution in [0.4, 0.5) is 0 Å². The normalized spacial score (nSPS) is 13.8. The van der Waals surface area contributed by atoms with Crippen molar-refractivity contribution in [3.8, 4) is 0 Å². The highest BCUT2D eigenvalue weighted by Gasteiger charge is 1.80. The molecule has 0 aromatic rings. The third-order valence-electron chi connectivity index (χ3n) is 1.30. The van der Waals surface area contributed by atoms with Gasteiger partial charge in [-0.2, -0.15) is 0 Å². The smallest absolute Gasteiger partial charge is 0.133 e. The van der Waals surface area contributed by atoms with Gasteiger partial charge in [0.1, 0.15) is 5.76 Å². The Morgan fingerprint density at radius 1 is 1.46 bits per heavy atom. The van der Waals surface area contributed by atoms with Gasteiger partial charge in [0.2, 0.25) is 0 Å². The summed E-state index contributed by atoms with van der Waals surface area (Å²) in [6.45, 7) is 3.99. The highest BCUT2D eigenvalue weighted by atomic mass is 16.3. The molecule has 0 saturated carbocycles. The summed E-state index contributed by atoms with van der Waals surface area (Å²) in [6, 6.07) is 0. The second kappa shape index (κ2) is 8.78. The van der Waals surface area contributed by atoms with Gasteiger partial charge in [-0.15, -0.1) is 0 Å². The van der Waals surface area contributed by atoms with Crippen molar-refractivity contribution in [2.45, 2.75) is 26.7 Å². The van der Waals surface area contributed by atoms with Crippen molar-refractivity contribution in [2.24, 2.45) is 4.99 Å². The van der Waals surface area contributed by atoms with E-state index in [0.717, 1.165) is 12.8 Å². The molecule has 0 rings (SSSR count). The molecule has 0 bridgehead atoms. The zero-order valence-electron chi connectivity index (χ0n) is 8.27. The van der Waals surface area contributed by atoms with Gasteiger partial charge in [-0.25, -0.2) is 0 Å². The maximum atomic E-state index is 9.20. The minimum absolute atomic E-state index is 0.172. The van der Waals surface area contributed by atoms with Crippen LogP contribution in [0.1, 0.15) is 26.7 Å². The largest absolute Gasteiger partial charge is 0.506 e. The number of allylic oxidation sites excluding steroid dienone is 5. The van der Waals surface area contributed by atoms with Crippen LogP contribution in [0.25, 0.3) is 0 Å². The average Bonchev–Trinajstić information content (AvgIpc) is 2.13. The number of hydrogen-bond acceptors (Lipinski definition) is 2. The first-order valence-corrected chi connectivity index (χ1v) is 4.51. The van der Waals surface area contributed by atoms with E-state index in [0.29, 0.717) is 0 Å². The molecule has 0 aromatic carbocycles. The van der Waals surface area contributed by atoms with Gasteiger partial charge in [-0.05, 0) is 19.4 Å². The van der Waals surface area contributed by atoms with E-state index >= 15 is 0 Å². The van der Waals surface area contributed by atoms with E-state index in [1.807, 2.05) is 19.1 Å². The highest BCUT2D eigenvalue weighted by Crippen LogP contribution is 1.91. The summed E-state index contributed by atoms with van der Waals surface area (Å²) < 4.78 is 0. The van der Waals surface area contributed by atoms with E-state index in [-0.39, 0.29) is 5.76 Å². The van der Waals surface area contributed by atoms with Crippen molar-refractivity contribution in [1.82, 2.24) is 0 Å². The van der Waals surface area contributed by atoms with E-state index in [9.17, 15) is 5.11 Å². The summed E-state index contributed by atoms with van der Waals surface area (Å²) in [7, 11) is 0. The van der Waals surface area contributed by atoms with Crippen molar-refractivity contribution in [3.63, 3.8) is 0 Å². The molecule has 0 heterocycles. The van der Waals surface area contributed by atoms with Crippen molar-refractivity contribution < 1.29 is 5.11 Å². The van der Waals surface area contributed by atoms with Crippen LogP contribution in [0.15, 0.2) is 41.3 Å². The predicted molar refractivity (Wildman–Crippen MR) is 58.1 cm³/mol. The molecule has 1 N–H and O–H groups in total. The van der Waals surface area contributed by atoms with Crippen molar-refractivity contribution in [3.05, 3.63) is 36.3 Å². The molecule has 0 atom stereocenters. The molecule has 0 aromatic heterocycles. The quantitative estimate of drug-likeness (QED) is 0.391. The highest BCUT2D eigenvalue weighted by molar-refractivity contribution is 5.76. The summed E-state index contributed by atoms with van der Waals surface area (Å²) in [4.78, 5) is 3.83. The average molecular weight is 179 g/mol. The van der Waals surface area contributed by atoms with Crippen molar-refractivity contribution in [1.29, 1.82) is 0 Å². The maximum Gasteiger partial charge on any atom is 0.133 e. The van der Waals surface area contributed by atoms with E-state index in [1.165, 1.54) is 6.21 Å². The Bertz CT molecular complexity index is 224. The molecule has 13 heavy (non-hydrogen) atoms. The molecule has 0 aliphatic heterocycles. The van der Waals surface area contributed by atoms with Gasteiger partial charge in [-0.1, -0.05) is 31.6 Å². The Morgan fingerprint density at radius 2 is 2.23 bits per heavy atom. The molecule has 0 amide bonds. The number of rotatable bonds is 5. The zero-order valence-corrected chi connectivity index (χ0v) is 8.27. The fourth-order valence-corrected chi connectivity index (χ4v) is 0.678. The molecular weight excluding hydrogens is 162 g/mol. The van der Waals surface area contributed by atoms with Crippen LogP contribution >= 0.6 is 0 Å². The van der Waals surface area contributed by atoms with Crippen molar-refractivity contribution in [2.75, 3.05) is 0 Å². The molecular formula is C11H17NO. The minimum atomic E-state index is 0.172. The van der Waals surface area contributed by atoms with Gasteiger partial charge in [0, 0.05) is 6.20 Å². The SMILES string of the molecule is C/C=C/N=C\C(O)=C/C=C/CCC. The first kappa shape index (κ1) is 11.7. The summed E-state index contributed by atoms with van der Waals surface area (Å²) in [5.41, 5.74) is 0. The zero-order chi connectivity index (χ0) is 9.94. The summed E-state index contributed by atoms with van der Waals surface area (Å²) in [5.74, 6) is 0.172. The summed E-state index contributed by atoms with van der Waals surface area (Å²) >= 11 is 0. The Hall–Kier alpha value is -1.31. The van der Waals surface area contributed by atoms with E-state index in [1.54, 1.807) is 18.4 Å². The van der Waals surface area contributed by atoms with E-state index in [4.69, 9.17) is 0 Å². The van der Waals surface area contributed by atoms with E-state index in [2.05, 4.69) is 11.9 Å². The minimum Gasteiger partial charge on any atom is -0.506 e. The van der Waals surface area contributed by atoms with Gasteiger partial charge in [0.15, 0.2) is 0 Å². The number of nitrogens with zero attached hydrogens (tertiary/aromatic N) is 1. The predicted octanol–water partition coefficient (Wildman–Crippen LogP) is 3.39. The van der Waals surface area contributed by atoms with Gasteiger partial charge < -0.3 is 5.11 Å². The molecule has 2 nitrogen and oxygen atoms in total. The molecule has 0 aliphatic rings. The van der Waals surface area contributed by atoms with Crippen molar-refractivity contribution >= 4 is 6.21 Å². The standard InChI is InChI=1S/C11H17NO/c1-3-5-6-7-8-11(13)10-12-9-4-2/h4,6-10,13H,3,5H2,1-2H3/b7-6+,9-4+,11-8+,12-10-. The number of aliphatic hydroxyl groups excluding tert-OH is 1. The maximum absolute atomic E-state index is 9.20. The first-order chi connectivity index (χ1) is 6.31. The van der Waals surface area contributed by atoms with Crippen LogP contribution in [-0.4, -0.2) is 11.3 Å². The van der Waals surface area contributed by atoms with Crippen LogP contribution in [0.5, 0.6) is 0 Å². The second-order valence-corrected chi connectivity index (χ2v) is 2.57. The number of aliphatic imine (C=N–C) groups is 1. The summed E-state index contributed by atoms with van der Waals surface area (Å²) in [5, 5.41) is 9.20. The van der Waals surface area contributed by atoms with Gasteiger partial charge in [0.05, 0.1) is 6.21 Å². The van der Waals surface area contributed by atoms with Crippen LogP contribution in [0.2, 0.25) is 0 Å². The summed E-state index contributed by atoms with van der Waals surface area (Å²) in [6.07, 6.45) is 12.5. The monoisotopic (exact) mass is 179 g/mol. The fourth-order valence-electron chi connectivity index (χ4n) is 0.678. The first-order valence-electron chi connectivity index (χ1n) is 4.51. The lowest BCUT2D eigenvalue weighted by Gasteiger charge is -1.85. The van der Waals surface area contributed by atoms with Crippen LogP contribution < -0.4 is 0 Å². The van der Waals surface area contributed by atoms with Gasteiger partial charge in [-0.3, -0.25) is 4.99 Å². The Balaban J connectivity index is 3.87. The number of unbranched alkanes of at least 4 members (excludes halogenated alkanes) is 1. The topological polar surface area (TPSA) is 32.6 Å². The third-order valence-corrected chi connectivity index (χ3v) is 1.30. The van der Waals surface area contributed by atoms with Crippen LogP contribution in [0.3, 0.4) is 0 Å². The molecule has 0 saturated heterocycles. The Morgan fingerprint density at radius 3 is 2.85 bits per heavy atom. The molecule has 0 spiro atoms. The van der Waals surface area contributed by atoms with Crippen LogP contribution in [-0.2, 0) is 0 Å². The molecule has 0 fully saturated rings. The third kappa shape index (κ3) is 8.60. The molecule has 0 aliphatic carbocycles. The number of hydrogen-bond donors (Lipinski definition) is 1. The molecule has 0 unspecified atom stereocenters.